The van der Waals surface area contributed by atoms with Crippen LogP contribution in [0.2, 0.25) is 0 Å². The summed E-state index contributed by atoms with van der Waals surface area (Å²) in [7, 11) is 0. The zero-order valence-corrected chi connectivity index (χ0v) is 10.4. The number of carbonyl (C=O) groups excluding carboxylic acids is 1. The van der Waals surface area contributed by atoms with Gasteiger partial charge in [0.25, 0.3) is 0 Å². The van der Waals surface area contributed by atoms with E-state index in [1.807, 2.05) is 25.1 Å². The first-order valence-corrected chi connectivity index (χ1v) is 5.73. The average molecular weight is 234 g/mol. The SMILES string of the molecule is Cc1ccc(N2CC(C)(CO)C(=O)N2)cc1C. The molecule has 17 heavy (non-hydrogen) atoms. The Labute approximate surface area is 101 Å². The number of benzene rings is 1. The van der Waals surface area contributed by atoms with Gasteiger partial charge >= 0.3 is 0 Å². The van der Waals surface area contributed by atoms with Crippen molar-refractivity contribution in [2.24, 2.45) is 5.41 Å². The first-order valence-electron chi connectivity index (χ1n) is 5.73. The van der Waals surface area contributed by atoms with Crippen LogP contribution in [-0.4, -0.2) is 24.2 Å². The van der Waals surface area contributed by atoms with Crippen molar-refractivity contribution in [2.45, 2.75) is 20.8 Å². The van der Waals surface area contributed by atoms with Crippen molar-refractivity contribution in [1.29, 1.82) is 0 Å². The zero-order valence-electron chi connectivity index (χ0n) is 10.4. The Balaban J connectivity index is 2.26. The summed E-state index contributed by atoms with van der Waals surface area (Å²) in [5.74, 6) is -0.127. The van der Waals surface area contributed by atoms with Crippen LogP contribution in [0, 0.1) is 19.3 Å². The summed E-state index contributed by atoms with van der Waals surface area (Å²) in [4.78, 5) is 11.7. The Hall–Kier alpha value is -1.55. The molecule has 1 atom stereocenters. The van der Waals surface area contributed by atoms with Gasteiger partial charge in [-0.05, 0) is 44.0 Å². The van der Waals surface area contributed by atoms with E-state index in [4.69, 9.17) is 0 Å². The molecule has 1 unspecified atom stereocenters. The van der Waals surface area contributed by atoms with Crippen LogP contribution in [-0.2, 0) is 4.79 Å². The minimum Gasteiger partial charge on any atom is -0.395 e. The lowest BCUT2D eigenvalue weighted by Crippen LogP contribution is -2.34. The lowest BCUT2D eigenvalue weighted by Gasteiger charge is -2.20. The fourth-order valence-electron chi connectivity index (χ4n) is 1.89. The number of rotatable bonds is 2. The molecule has 1 aliphatic rings. The summed E-state index contributed by atoms with van der Waals surface area (Å²) in [6.45, 7) is 6.22. The second-order valence-electron chi connectivity index (χ2n) is 5.01. The summed E-state index contributed by atoms with van der Waals surface area (Å²) < 4.78 is 0. The number of nitrogens with zero attached hydrogens (tertiary/aromatic N) is 1. The predicted molar refractivity (Wildman–Crippen MR) is 66.6 cm³/mol. The van der Waals surface area contributed by atoms with Crippen LogP contribution in [0.4, 0.5) is 5.69 Å². The van der Waals surface area contributed by atoms with Crippen molar-refractivity contribution in [2.75, 3.05) is 18.2 Å². The van der Waals surface area contributed by atoms with Gasteiger partial charge in [0.15, 0.2) is 0 Å². The number of hydrogen-bond donors (Lipinski definition) is 2. The van der Waals surface area contributed by atoms with Gasteiger partial charge in [0.1, 0.15) is 0 Å². The Bertz CT molecular complexity index is 459. The van der Waals surface area contributed by atoms with Crippen molar-refractivity contribution in [3.63, 3.8) is 0 Å². The fraction of sp³-hybridized carbons (Fsp3) is 0.462. The number of anilines is 1. The number of hydrogen-bond acceptors (Lipinski definition) is 3. The standard InChI is InChI=1S/C13H18N2O2/c1-9-4-5-11(6-10(9)2)15-7-13(3,8-16)12(17)14-15/h4-6,16H,7-8H2,1-3H3,(H,14,17). The van der Waals surface area contributed by atoms with Gasteiger partial charge in [0.05, 0.1) is 24.3 Å². The molecule has 4 nitrogen and oxygen atoms in total. The van der Waals surface area contributed by atoms with Crippen molar-refractivity contribution in [1.82, 2.24) is 5.43 Å². The number of aliphatic hydroxyl groups excluding tert-OH is 1. The molecular formula is C13H18N2O2. The molecule has 0 spiro atoms. The third kappa shape index (κ3) is 2.00. The minimum absolute atomic E-state index is 0.127. The largest absolute Gasteiger partial charge is 0.395 e. The van der Waals surface area contributed by atoms with E-state index < -0.39 is 5.41 Å². The smallest absolute Gasteiger partial charge is 0.248 e. The first-order chi connectivity index (χ1) is 7.96. The molecule has 1 aromatic rings. The average Bonchev–Trinajstić information content (AvgIpc) is 2.60. The summed E-state index contributed by atoms with van der Waals surface area (Å²) in [6, 6.07) is 6.05. The molecule has 4 heteroatoms. The highest BCUT2D eigenvalue weighted by Crippen LogP contribution is 2.28. The quantitative estimate of drug-likeness (QED) is 0.807. The number of nitrogens with one attached hydrogen (secondary N) is 1. The maximum Gasteiger partial charge on any atom is 0.248 e. The van der Waals surface area contributed by atoms with Gasteiger partial charge in [-0.15, -0.1) is 0 Å². The van der Waals surface area contributed by atoms with Crippen LogP contribution in [0.15, 0.2) is 18.2 Å². The van der Waals surface area contributed by atoms with Crippen molar-refractivity contribution >= 4 is 11.6 Å². The third-order valence-corrected chi connectivity index (χ3v) is 3.44. The van der Waals surface area contributed by atoms with Gasteiger partial charge in [-0.25, -0.2) is 0 Å². The molecule has 1 amide bonds. The summed E-state index contributed by atoms with van der Waals surface area (Å²) in [5, 5.41) is 11.1. The van der Waals surface area contributed by atoms with E-state index in [-0.39, 0.29) is 12.5 Å². The monoisotopic (exact) mass is 234 g/mol. The van der Waals surface area contributed by atoms with Crippen LogP contribution >= 0.6 is 0 Å². The van der Waals surface area contributed by atoms with E-state index in [0.717, 1.165) is 5.69 Å². The number of carbonyl (C=O) groups is 1. The van der Waals surface area contributed by atoms with Gasteiger partial charge in [0, 0.05) is 0 Å². The Morgan fingerprint density at radius 1 is 1.41 bits per heavy atom. The van der Waals surface area contributed by atoms with E-state index >= 15 is 0 Å². The Kier molecular flexibility index (Phi) is 2.83. The second-order valence-corrected chi connectivity index (χ2v) is 5.01. The Morgan fingerprint density at radius 3 is 2.65 bits per heavy atom. The van der Waals surface area contributed by atoms with Crippen molar-refractivity contribution < 1.29 is 9.90 Å². The summed E-state index contributed by atoms with van der Waals surface area (Å²) in [5.41, 5.74) is 5.46. The number of aryl methyl sites for hydroxylation is 2. The van der Waals surface area contributed by atoms with E-state index in [1.165, 1.54) is 11.1 Å². The topological polar surface area (TPSA) is 52.6 Å². The molecule has 1 heterocycles. The molecule has 1 saturated heterocycles. The molecule has 2 N–H and O–H groups in total. The molecule has 0 aromatic heterocycles. The lowest BCUT2D eigenvalue weighted by molar-refractivity contribution is -0.128. The lowest BCUT2D eigenvalue weighted by atomic mass is 9.92. The second kappa shape index (κ2) is 4.04. The first kappa shape index (κ1) is 11.9. The van der Waals surface area contributed by atoms with Crippen molar-refractivity contribution in [3.05, 3.63) is 29.3 Å². The maximum atomic E-state index is 11.7. The molecule has 1 aliphatic heterocycles. The van der Waals surface area contributed by atoms with Crippen molar-refractivity contribution in [3.8, 4) is 0 Å². The van der Waals surface area contributed by atoms with Gasteiger partial charge < -0.3 is 5.11 Å². The van der Waals surface area contributed by atoms with Crippen LogP contribution in [0.3, 0.4) is 0 Å². The fourth-order valence-corrected chi connectivity index (χ4v) is 1.89. The summed E-state index contributed by atoms with van der Waals surface area (Å²) >= 11 is 0. The summed E-state index contributed by atoms with van der Waals surface area (Å²) in [6.07, 6.45) is 0. The van der Waals surface area contributed by atoms with Crippen LogP contribution in [0.5, 0.6) is 0 Å². The molecule has 0 aliphatic carbocycles. The molecule has 1 aromatic carbocycles. The highest BCUT2D eigenvalue weighted by molar-refractivity contribution is 5.87. The maximum absolute atomic E-state index is 11.7. The van der Waals surface area contributed by atoms with Gasteiger partial charge in [-0.2, -0.15) is 0 Å². The molecule has 0 bridgehead atoms. The molecule has 0 saturated carbocycles. The van der Waals surface area contributed by atoms with Crippen LogP contribution in [0.25, 0.3) is 0 Å². The van der Waals surface area contributed by atoms with E-state index in [9.17, 15) is 9.90 Å². The highest BCUT2D eigenvalue weighted by atomic mass is 16.3. The van der Waals surface area contributed by atoms with Gasteiger partial charge in [0.2, 0.25) is 5.91 Å². The molecule has 2 rings (SSSR count). The molecule has 0 radical (unpaired) electrons. The molecule has 1 fully saturated rings. The van der Waals surface area contributed by atoms with Crippen LogP contribution < -0.4 is 10.4 Å². The number of hydrazine groups is 1. The van der Waals surface area contributed by atoms with E-state index in [2.05, 4.69) is 12.3 Å². The highest BCUT2D eigenvalue weighted by Gasteiger charge is 2.41. The zero-order chi connectivity index (χ0) is 12.6. The van der Waals surface area contributed by atoms with Gasteiger partial charge in [-0.3, -0.25) is 15.2 Å². The molecule has 92 valence electrons. The predicted octanol–water partition coefficient (Wildman–Crippen LogP) is 1.15. The molecular weight excluding hydrogens is 216 g/mol. The van der Waals surface area contributed by atoms with Gasteiger partial charge in [-0.1, -0.05) is 6.07 Å². The van der Waals surface area contributed by atoms with Crippen LogP contribution in [0.1, 0.15) is 18.1 Å². The number of aliphatic hydroxyl groups is 1. The van der Waals surface area contributed by atoms with E-state index in [1.54, 1.807) is 11.9 Å². The number of amides is 1. The minimum atomic E-state index is -0.710. The normalized spacial score (nSPS) is 24.0. The Morgan fingerprint density at radius 2 is 2.12 bits per heavy atom. The third-order valence-electron chi connectivity index (χ3n) is 3.44. The van der Waals surface area contributed by atoms with E-state index in [0.29, 0.717) is 6.54 Å².